The summed E-state index contributed by atoms with van der Waals surface area (Å²) in [6, 6.07) is 0. The van der Waals surface area contributed by atoms with Crippen LogP contribution in [0.1, 0.15) is 117 Å². The molecule has 2 fully saturated rings. The van der Waals surface area contributed by atoms with Crippen LogP contribution in [0.2, 0.25) is 0 Å². The summed E-state index contributed by atoms with van der Waals surface area (Å²) in [5.41, 5.74) is 0.0425. The van der Waals surface area contributed by atoms with Crippen molar-refractivity contribution in [2.75, 3.05) is 26.4 Å². The van der Waals surface area contributed by atoms with Crippen molar-refractivity contribution in [2.24, 2.45) is 21.7 Å². The average molecular weight is 447 g/mol. The fourth-order valence-corrected chi connectivity index (χ4v) is 4.93. The Labute approximate surface area is 196 Å². The fourth-order valence-electron chi connectivity index (χ4n) is 4.93. The smallest absolute Gasteiger partial charge is 0.178 e. The van der Waals surface area contributed by atoms with E-state index in [1.807, 2.05) is 27.7 Å². The van der Waals surface area contributed by atoms with E-state index in [-0.39, 0.29) is 21.7 Å². The third-order valence-corrected chi connectivity index (χ3v) is 5.54. The summed E-state index contributed by atoms with van der Waals surface area (Å²) in [5, 5.41) is 0. The Morgan fingerprint density at radius 1 is 0.387 bits per heavy atom. The van der Waals surface area contributed by atoms with E-state index >= 15 is 0 Å². The molecule has 2 aliphatic rings. The number of rotatable bonds is 0. The highest BCUT2D eigenvalue weighted by atomic mass is 16.7. The van der Waals surface area contributed by atoms with Crippen LogP contribution in [-0.2, 0) is 18.9 Å². The molecular formula is C27H58O4. The van der Waals surface area contributed by atoms with Crippen molar-refractivity contribution in [3.63, 3.8) is 0 Å². The van der Waals surface area contributed by atoms with E-state index in [1.54, 1.807) is 0 Å². The van der Waals surface area contributed by atoms with Crippen LogP contribution in [-0.4, -0.2) is 38.0 Å². The van der Waals surface area contributed by atoms with Gasteiger partial charge >= 0.3 is 0 Å². The van der Waals surface area contributed by atoms with E-state index in [0.717, 1.165) is 19.6 Å². The highest BCUT2D eigenvalue weighted by Crippen LogP contribution is 2.50. The lowest BCUT2D eigenvalue weighted by Crippen LogP contribution is -2.59. The van der Waals surface area contributed by atoms with Crippen molar-refractivity contribution in [3.05, 3.63) is 0 Å². The van der Waals surface area contributed by atoms with E-state index in [0.29, 0.717) is 13.2 Å². The van der Waals surface area contributed by atoms with E-state index in [4.69, 9.17) is 18.9 Å². The molecule has 4 nitrogen and oxygen atoms in total. The molecule has 2 rings (SSSR count). The SMILES string of the molecule is CC.CC.CC(C)(C)C1(C(C)(C)C)OCCCO1.CC(C)(C)C1(C(C)(C)C)OCCO1. The minimum atomic E-state index is -0.446. The molecule has 0 aromatic rings. The number of hydrogen-bond acceptors (Lipinski definition) is 4. The predicted molar refractivity (Wildman–Crippen MR) is 134 cm³/mol. The lowest BCUT2D eigenvalue weighted by molar-refractivity contribution is -0.358. The second-order valence-electron chi connectivity index (χ2n) is 12.0. The van der Waals surface area contributed by atoms with Crippen LogP contribution in [0.15, 0.2) is 0 Å². The molecule has 2 aliphatic heterocycles. The van der Waals surface area contributed by atoms with Gasteiger partial charge in [0.1, 0.15) is 0 Å². The molecule has 0 spiro atoms. The van der Waals surface area contributed by atoms with Gasteiger partial charge in [-0.2, -0.15) is 0 Å². The zero-order valence-electron chi connectivity index (χ0n) is 24.2. The van der Waals surface area contributed by atoms with Gasteiger partial charge in [0, 0.05) is 21.7 Å². The summed E-state index contributed by atoms with van der Waals surface area (Å²) in [7, 11) is 0. The Morgan fingerprint density at radius 3 is 0.742 bits per heavy atom. The lowest BCUT2D eigenvalue weighted by atomic mass is 9.70. The van der Waals surface area contributed by atoms with Crippen LogP contribution in [0, 0.1) is 21.7 Å². The van der Waals surface area contributed by atoms with E-state index in [1.165, 1.54) is 0 Å². The summed E-state index contributed by atoms with van der Waals surface area (Å²) in [5.74, 6) is -0.877. The normalized spacial score (nSPS) is 20.9. The Bertz CT molecular complexity index is 425. The molecule has 31 heavy (non-hydrogen) atoms. The minimum Gasteiger partial charge on any atom is -0.349 e. The second-order valence-corrected chi connectivity index (χ2v) is 12.0. The molecular weight excluding hydrogens is 388 g/mol. The van der Waals surface area contributed by atoms with Crippen molar-refractivity contribution in [1.82, 2.24) is 0 Å². The molecule has 0 bridgehead atoms. The first kappa shape index (κ1) is 33.0. The van der Waals surface area contributed by atoms with Gasteiger partial charge in [0.25, 0.3) is 0 Å². The molecule has 0 atom stereocenters. The van der Waals surface area contributed by atoms with E-state index in [9.17, 15) is 0 Å². The lowest BCUT2D eigenvalue weighted by Gasteiger charge is -2.53. The van der Waals surface area contributed by atoms with Crippen LogP contribution in [0.3, 0.4) is 0 Å². The molecule has 190 valence electrons. The van der Waals surface area contributed by atoms with Crippen LogP contribution in [0.25, 0.3) is 0 Å². The van der Waals surface area contributed by atoms with Crippen molar-refractivity contribution >= 4 is 0 Å². The maximum Gasteiger partial charge on any atom is 0.178 e. The maximum absolute atomic E-state index is 5.97. The Balaban J connectivity index is 0. The fraction of sp³-hybridized carbons (Fsp3) is 1.00. The van der Waals surface area contributed by atoms with Crippen LogP contribution < -0.4 is 0 Å². The van der Waals surface area contributed by atoms with Gasteiger partial charge in [0.2, 0.25) is 0 Å². The highest BCUT2D eigenvalue weighted by molar-refractivity contribution is 4.96. The zero-order chi connectivity index (χ0) is 25.4. The molecule has 2 saturated heterocycles. The summed E-state index contributed by atoms with van der Waals surface area (Å²) in [6.45, 7) is 37.2. The molecule has 0 unspecified atom stereocenters. The molecule has 0 N–H and O–H groups in total. The first-order chi connectivity index (χ1) is 13.9. The highest BCUT2D eigenvalue weighted by Gasteiger charge is 2.56. The van der Waals surface area contributed by atoms with Gasteiger partial charge in [-0.1, -0.05) is 111 Å². The molecule has 0 aromatic carbocycles. The van der Waals surface area contributed by atoms with Gasteiger partial charge in [0.05, 0.1) is 26.4 Å². The zero-order valence-corrected chi connectivity index (χ0v) is 24.2. The molecule has 2 heterocycles. The van der Waals surface area contributed by atoms with E-state index < -0.39 is 11.6 Å². The van der Waals surface area contributed by atoms with Gasteiger partial charge < -0.3 is 18.9 Å². The van der Waals surface area contributed by atoms with Crippen LogP contribution >= 0.6 is 0 Å². The van der Waals surface area contributed by atoms with Gasteiger partial charge in [-0.25, -0.2) is 0 Å². The summed E-state index contributed by atoms with van der Waals surface area (Å²) in [4.78, 5) is 0. The first-order valence-corrected chi connectivity index (χ1v) is 12.5. The van der Waals surface area contributed by atoms with Crippen molar-refractivity contribution < 1.29 is 18.9 Å². The molecule has 4 heteroatoms. The maximum atomic E-state index is 5.97. The first-order valence-electron chi connectivity index (χ1n) is 12.5. The topological polar surface area (TPSA) is 36.9 Å². The molecule has 0 aromatic heterocycles. The van der Waals surface area contributed by atoms with Crippen LogP contribution in [0.4, 0.5) is 0 Å². The van der Waals surface area contributed by atoms with Gasteiger partial charge in [-0.3, -0.25) is 0 Å². The quantitative estimate of drug-likeness (QED) is 0.377. The summed E-state index contributed by atoms with van der Waals surface area (Å²) in [6.07, 6.45) is 1.01. The minimum absolute atomic E-state index is 0.00562. The third-order valence-electron chi connectivity index (χ3n) is 5.54. The molecule has 0 amide bonds. The largest absolute Gasteiger partial charge is 0.349 e. The van der Waals surface area contributed by atoms with Crippen molar-refractivity contribution in [1.29, 1.82) is 0 Å². The third kappa shape index (κ3) is 7.69. The average Bonchev–Trinajstić information content (AvgIpc) is 3.16. The Morgan fingerprint density at radius 2 is 0.581 bits per heavy atom. The molecule has 0 radical (unpaired) electrons. The van der Waals surface area contributed by atoms with Crippen molar-refractivity contribution in [2.45, 2.75) is 129 Å². The second kappa shape index (κ2) is 12.3. The van der Waals surface area contributed by atoms with Gasteiger partial charge in [-0.05, 0) is 6.42 Å². The van der Waals surface area contributed by atoms with Gasteiger partial charge in [0.15, 0.2) is 11.6 Å². The Kier molecular flexibility index (Phi) is 13.1. The predicted octanol–water partition coefficient (Wildman–Crippen LogP) is 8.09. The standard InChI is InChI=1S/C12H24O2.C11H22O2.2C2H6/c1-10(2,3)12(11(4,5)6)13-8-7-9-14-12;1-9(2,3)11(10(4,5)6)12-7-8-13-11;2*1-2/h7-9H2,1-6H3;7-8H2,1-6H3;2*1-2H3. The Hall–Kier alpha value is -0.160. The molecule has 0 aliphatic carbocycles. The monoisotopic (exact) mass is 446 g/mol. The van der Waals surface area contributed by atoms with Crippen molar-refractivity contribution in [3.8, 4) is 0 Å². The number of ether oxygens (including phenoxy) is 4. The summed E-state index contributed by atoms with van der Waals surface area (Å²) < 4.78 is 23.6. The van der Waals surface area contributed by atoms with Gasteiger partial charge in [-0.15, -0.1) is 0 Å². The molecule has 0 saturated carbocycles. The summed E-state index contributed by atoms with van der Waals surface area (Å²) >= 11 is 0. The van der Waals surface area contributed by atoms with E-state index in [2.05, 4.69) is 83.1 Å². The van der Waals surface area contributed by atoms with Crippen LogP contribution in [0.5, 0.6) is 0 Å². The number of hydrogen-bond donors (Lipinski definition) is 0.